The van der Waals surface area contributed by atoms with Crippen molar-refractivity contribution >= 4 is 17.7 Å². The Bertz CT molecular complexity index is 812. The summed E-state index contributed by atoms with van der Waals surface area (Å²) < 4.78 is 7.45. The average Bonchev–Trinajstić information content (AvgIpc) is 3.16. The SMILES string of the molecule is Cc1ccc(-n2ccnc2SCC(=O)NCC(C)(C)N2CCOCC2)cc1C. The fourth-order valence-corrected chi connectivity index (χ4v) is 4.05. The molecule has 1 aliphatic heterocycles. The quantitative estimate of drug-likeness (QED) is 0.722. The van der Waals surface area contributed by atoms with Crippen molar-refractivity contribution < 1.29 is 9.53 Å². The second-order valence-electron chi connectivity index (χ2n) is 7.83. The summed E-state index contributed by atoms with van der Waals surface area (Å²) in [6, 6.07) is 6.34. The van der Waals surface area contributed by atoms with E-state index in [4.69, 9.17) is 4.74 Å². The maximum absolute atomic E-state index is 12.4. The van der Waals surface area contributed by atoms with E-state index in [-0.39, 0.29) is 11.4 Å². The Morgan fingerprint density at radius 3 is 2.71 bits per heavy atom. The minimum absolute atomic E-state index is 0.0287. The third-order valence-corrected chi connectivity index (χ3v) is 6.26. The molecule has 0 radical (unpaired) electrons. The standard InChI is InChI=1S/C21H30N4O2S/c1-16-5-6-18(13-17(16)2)25-8-7-22-20(25)28-14-19(26)23-15-21(3,4)24-9-11-27-12-10-24/h5-8,13H,9-12,14-15H2,1-4H3,(H,23,26). The first-order chi connectivity index (χ1) is 13.4. The molecule has 0 atom stereocenters. The summed E-state index contributed by atoms with van der Waals surface area (Å²) in [5, 5.41) is 3.90. The number of aromatic nitrogens is 2. The number of hydrogen-bond donors (Lipinski definition) is 1. The van der Waals surface area contributed by atoms with Crippen LogP contribution in [0.25, 0.3) is 5.69 Å². The lowest BCUT2D eigenvalue weighted by atomic mass is 10.0. The predicted molar refractivity (Wildman–Crippen MR) is 113 cm³/mol. The van der Waals surface area contributed by atoms with Gasteiger partial charge in [0, 0.05) is 43.3 Å². The molecule has 0 spiro atoms. The van der Waals surface area contributed by atoms with Crippen LogP contribution in [-0.2, 0) is 9.53 Å². The molecule has 0 saturated carbocycles. The van der Waals surface area contributed by atoms with Crippen molar-refractivity contribution in [2.45, 2.75) is 38.4 Å². The lowest BCUT2D eigenvalue weighted by Gasteiger charge is -2.40. The summed E-state index contributed by atoms with van der Waals surface area (Å²) >= 11 is 1.46. The Kier molecular flexibility index (Phi) is 6.80. The summed E-state index contributed by atoms with van der Waals surface area (Å²) in [4.78, 5) is 19.2. The van der Waals surface area contributed by atoms with E-state index in [9.17, 15) is 4.79 Å². The van der Waals surface area contributed by atoms with Gasteiger partial charge in [0.05, 0.1) is 19.0 Å². The molecule has 1 aromatic carbocycles. The number of hydrogen-bond acceptors (Lipinski definition) is 5. The molecular formula is C21H30N4O2S. The van der Waals surface area contributed by atoms with Crippen molar-refractivity contribution in [1.29, 1.82) is 0 Å². The van der Waals surface area contributed by atoms with Gasteiger partial charge in [0.2, 0.25) is 5.91 Å². The number of thioether (sulfide) groups is 1. The van der Waals surface area contributed by atoms with Crippen LogP contribution in [0.3, 0.4) is 0 Å². The number of ether oxygens (including phenoxy) is 1. The minimum atomic E-state index is -0.0813. The molecular weight excluding hydrogens is 372 g/mol. The molecule has 0 bridgehead atoms. The molecule has 2 aromatic rings. The molecule has 2 heterocycles. The molecule has 1 saturated heterocycles. The smallest absolute Gasteiger partial charge is 0.230 e. The van der Waals surface area contributed by atoms with Crippen molar-refractivity contribution in [3.63, 3.8) is 0 Å². The Labute approximate surface area is 171 Å². The molecule has 0 unspecified atom stereocenters. The van der Waals surface area contributed by atoms with Gasteiger partial charge in [-0.2, -0.15) is 0 Å². The molecule has 1 N–H and O–H groups in total. The maximum Gasteiger partial charge on any atom is 0.230 e. The van der Waals surface area contributed by atoms with Gasteiger partial charge in [0.1, 0.15) is 0 Å². The van der Waals surface area contributed by atoms with E-state index < -0.39 is 0 Å². The van der Waals surface area contributed by atoms with Gasteiger partial charge in [-0.15, -0.1) is 0 Å². The number of carbonyl (C=O) groups excluding carboxylic acids is 1. The predicted octanol–water partition coefficient (Wildman–Crippen LogP) is 2.81. The zero-order valence-corrected chi connectivity index (χ0v) is 18.0. The van der Waals surface area contributed by atoms with Gasteiger partial charge in [-0.1, -0.05) is 17.8 Å². The first-order valence-corrected chi connectivity index (χ1v) is 10.7. The van der Waals surface area contributed by atoms with Crippen molar-refractivity contribution in [2.24, 2.45) is 0 Å². The van der Waals surface area contributed by atoms with Crippen LogP contribution in [0.15, 0.2) is 35.7 Å². The third-order valence-electron chi connectivity index (χ3n) is 5.29. The number of amides is 1. The zero-order valence-electron chi connectivity index (χ0n) is 17.2. The molecule has 1 aliphatic rings. The van der Waals surface area contributed by atoms with Gasteiger partial charge in [0.25, 0.3) is 0 Å². The largest absolute Gasteiger partial charge is 0.379 e. The highest BCUT2D eigenvalue weighted by atomic mass is 32.2. The normalized spacial score (nSPS) is 15.6. The summed E-state index contributed by atoms with van der Waals surface area (Å²) in [6.07, 6.45) is 3.71. The van der Waals surface area contributed by atoms with Crippen LogP contribution >= 0.6 is 11.8 Å². The number of benzene rings is 1. The molecule has 1 amide bonds. The minimum Gasteiger partial charge on any atom is -0.379 e. The van der Waals surface area contributed by atoms with E-state index in [1.807, 2.05) is 10.8 Å². The number of carbonyl (C=O) groups is 1. The van der Waals surface area contributed by atoms with Crippen LogP contribution in [0.2, 0.25) is 0 Å². The molecule has 1 aromatic heterocycles. The van der Waals surface area contributed by atoms with Crippen LogP contribution in [0.5, 0.6) is 0 Å². The van der Waals surface area contributed by atoms with Crippen LogP contribution in [0, 0.1) is 13.8 Å². The van der Waals surface area contributed by atoms with Crippen LogP contribution in [0.1, 0.15) is 25.0 Å². The maximum atomic E-state index is 12.4. The number of rotatable bonds is 7. The molecule has 7 heteroatoms. The summed E-state index contributed by atoms with van der Waals surface area (Å²) in [5.74, 6) is 0.377. The number of aryl methyl sites for hydroxylation is 2. The van der Waals surface area contributed by atoms with Crippen molar-refractivity contribution in [1.82, 2.24) is 19.8 Å². The van der Waals surface area contributed by atoms with E-state index in [2.05, 4.69) is 61.1 Å². The molecule has 1 fully saturated rings. The zero-order chi connectivity index (χ0) is 20.1. The number of imidazole rings is 1. The topological polar surface area (TPSA) is 59.4 Å². The first kappa shape index (κ1) is 20.9. The van der Waals surface area contributed by atoms with Crippen molar-refractivity contribution in [2.75, 3.05) is 38.6 Å². The number of nitrogens with zero attached hydrogens (tertiary/aromatic N) is 3. The van der Waals surface area contributed by atoms with Gasteiger partial charge in [-0.05, 0) is 51.0 Å². The molecule has 0 aliphatic carbocycles. The van der Waals surface area contributed by atoms with E-state index >= 15 is 0 Å². The molecule has 3 rings (SSSR count). The Morgan fingerprint density at radius 2 is 2.00 bits per heavy atom. The molecule has 6 nitrogen and oxygen atoms in total. The van der Waals surface area contributed by atoms with Gasteiger partial charge in [-0.25, -0.2) is 4.98 Å². The molecule has 28 heavy (non-hydrogen) atoms. The van der Waals surface area contributed by atoms with Gasteiger partial charge in [-0.3, -0.25) is 14.3 Å². The second kappa shape index (κ2) is 9.11. The van der Waals surface area contributed by atoms with Crippen LogP contribution < -0.4 is 5.32 Å². The Morgan fingerprint density at radius 1 is 1.25 bits per heavy atom. The van der Waals surface area contributed by atoms with Crippen LogP contribution in [-0.4, -0.2) is 64.5 Å². The van der Waals surface area contributed by atoms with E-state index in [0.29, 0.717) is 12.3 Å². The summed E-state index contributed by atoms with van der Waals surface area (Å²) in [7, 11) is 0. The lowest BCUT2D eigenvalue weighted by molar-refractivity contribution is -0.119. The Balaban J connectivity index is 1.54. The van der Waals surface area contributed by atoms with E-state index in [1.54, 1.807) is 6.20 Å². The summed E-state index contributed by atoms with van der Waals surface area (Å²) in [6.45, 7) is 12.5. The van der Waals surface area contributed by atoms with Gasteiger partial charge < -0.3 is 10.1 Å². The highest BCUT2D eigenvalue weighted by molar-refractivity contribution is 7.99. The fraction of sp³-hybridized carbons (Fsp3) is 0.524. The van der Waals surface area contributed by atoms with E-state index in [1.165, 1.54) is 22.9 Å². The monoisotopic (exact) mass is 402 g/mol. The third kappa shape index (κ3) is 5.16. The van der Waals surface area contributed by atoms with Crippen molar-refractivity contribution in [3.05, 3.63) is 41.7 Å². The van der Waals surface area contributed by atoms with E-state index in [0.717, 1.165) is 37.1 Å². The molecule has 152 valence electrons. The Hall–Kier alpha value is -1.83. The second-order valence-corrected chi connectivity index (χ2v) is 8.77. The van der Waals surface area contributed by atoms with Crippen LogP contribution in [0.4, 0.5) is 0 Å². The fourth-order valence-electron chi connectivity index (χ4n) is 3.24. The highest BCUT2D eigenvalue weighted by Gasteiger charge is 2.28. The number of nitrogens with one attached hydrogen (secondary N) is 1. The lowest BCUT2D eigenvalue weighted by Crippen LogP contribution is -2.55. The highest BCUT2D eigenvalue weighted by Crippen LogP contribution is 2.22. The summed E-state index contributed by atoms with van der Waals surface area (Å²) in [5.41, 5.74) is 3.49. The number of morpholine rings is 1. The first-order valence-electron chi connectivity index (χ1n) is 9.70. The van der Waals surface area contributed by atoms with Gasteiger partial charge in [0.15, 0.2) is 5.16 Å². The van der Waals surface area contributed by atoms with Crippen molar-refractivity contribution in [3.8, 4) is 5.69 Å². The van der Waals surface area contributed by atoms with Gasteiger partial charge >= 0.3 is 0 Å². The average molecular weight is 403 g/mol.